The van der Waals surface area contributed by atoms with Gasteiger partial charge < -0.3 is 5.32 Å². The Labute approximate surface area is 122 Å². The molecule has 21 heavy (non-hydrogen) atoms. The predicted octanol–water partition coefficient (Wildman–Crippen LogP) is 3.86. The van der Waals surface area contributed by atoms with Crippen LogP contribution in [-0.4, -0.2) is 18.1 Å². The molecule has 0 spiro atoms. The maximum absolute atomic E-state index is 12.7. The minimum Gasteiger partial charge on any atom is -0.353 e. The molecule has 1 fully saturated rings. The van der Waals surface area contributed by atoms with Gasteiger partial charge in [-0.05, 0) is 31.2 Å². The maximum Gasteiger partial charge on any atom is 0.391 e. The number of aryl methyl sites for hydroxylation is 1. The molecule has 0 radical (unpaired) electrons. The number of carbonyl (C=O) groups is 1. The summed E-state index contributed by atoms with van der Waals surface area (Å²) in [5, 5.41) is 2.75. The van der Waals surface area contributed by atoms with Gasteiger partial charge in [0.2, 0.25) is 5.91 Å². The van der Waals surface area contributed by atoms with E-state index in [2.05, 4.69) is 5.32 Å². The zero-order chi connectivity index (χ0) is 15.3. The summed E-state index contributed by atoms with van der Waals surface area (Å²) in [5.74, 6) is -1.43. The van der Waals surface area contributed by atoms with Crippen LogP contribution >= 0.6 is 0 Å². The Hall–Kier alpha value is -1.52. The normalized spacial score (nSPS) is 22.8. The largest absolute Gasteiger partial charge is 0.391 e. The Kier molecular flexibility index (Phi) is 5.26. The summed E-state index contributed by atoms with van der Waals surface area (Å²) in [7, 11) is 0. The van der Waals surface area contributed by atoms with E-state index in [9.17, 15) is 18.0 Å². The smallest absolute Gasteiger partial charge is 0.353 e. The average Bonchev–Trinajstić information content (AvgIpc) is 2.46. The number of alkyl halides is 3. The molecule has 5 heteroatoms. The summed E-state index contributed by atoms with van der Waals surface area (Å²) in [6.07, 6.45) is -1.86. The molecule has 0 aromatic heterocycles. The summed E-state index contributed by atoms with van der Waals surface area (Å²) < 4.78 is 38.1. The summed E-state index contributed by atoms with van der Waals surface area (Å²) in [6.45, 7) is 0. The quantitative estimate of drug-likeness (QED) is 0.899. The van der Waals surface area contributed by atoms with E-state index in [1.54, 1.807) is 0 Å². The van der Waals surface area contributed by atoms with Crippen molar-refractivity contribution in [3.05, 3.63) is 35.9 Å². The fraction of sp³-hybridized carbons (Fsp3) is 0.562. The Balaban J connectivity index is 1.77. The molecule has 1 aromatic rings. The molecule has 1 aliphatic rings. The molecule has 0 heterocycles. The van der Waals surface area contributed by atoms with Crippen molar-refractivity contribution in [2.45, 2.75) is 50.7 Å². The minimum atomic E-state index is -4.15. The summed E-state index contributed by atoms with van der Waals surface area (Å²) in [4.78, 5) is 11.8. The van der Waals surface area contributed by atoms with Gasteiger partial charge in [0, 0.05) is 12.5 Å². The third-order valence-corrected chi connectivity index (χ3v) is 3.99. The van der Waals surface area contributed by atoms with E-state index in [-0.39, 0.29) is 24.8 Å². The Morgan fingerprint density at radius 1 is 1.19 bits per heavy atom. The van der Waals surface area contributed by atoms with Crippen molar-refractivity contribution >= 4 is 5.91 Å². The van der Waals surface area contributed by atoms with Crippen LogP contribution in [0.4, 0.5) is 13.2 Å². The SMILES string of the molecule is O=C(CCc1ccccc1)NC1CCCC(C(F)(F)F)C1. The summed E-state index contributed by atoms with van der Waals surface area (Å²) in [5.41, 5.74) is 1.06. The number of hydrogen-bond acceptors (Lipinski definition) is 1. The summed E-state index contributed by atoms with van der Waals surface area (Å²) in [6, 6.07) is 9.25. The number of hydrogen-bond donors (Lipinski definition) is 1. The van der Waals surface area contributed by atoms with Crippen LogP contribution in [0.3, 0.4) is 0 Å². The van der Waals surface area contributed by atoms with E-state index < -0.39 is 12.1 Å². The second-order valence-electron chi connectivity index (χ2n) is 5.66. The van der Waals surface area contributed by atoms with Gasteiger partial charge in [-0.1, -0.05) is 36.8 Å². The first-order valence-electron chi connectivity index (χ1n) is 7.35. The Morgan fingerprint density at radius 3 is 2.57 bits per heavy atom. The number of amides is 1. The number of rotatable bonds is 4. The lowest BCUT2D eigenvalue weighted by Gasteiger charge is -2.31. The monoisotopic (exact) mass is 299 g/mol. The number of benzene rings is 1. The topological polar surface area (TPSA) is 29.1 Å². The Morgan fingerprint density at radius 2 is 1.90 bits per heavy atom. The van der Waals surface area contributed by atoms with Gasteiger partial charge in [0.25, 0.3) is 0 Å². The van der Waals surface area contributed by atoms with E-state index in [1.807, 2.05) is 30.3 Å². The van der Waals surface area contributed by atoms with Crippen LogP contribution in [0, 0.1) is 5.92 Å². The van der Waals surface area contributed by atoms with Gasteiger partial charge in [0.15, 0.2) is 0 Å². The first-order chi connectivity index (χ1) is 9.95. The second kappa shape index (κ2) is 6.96. The molecule has 116 valence electrons. The first kappa shape index (κ1) is 15.9. The van der Waals surface area contributed by atoms with Crippen LogP contribution in [0.5, 0.6) is 0 Å². The van der Waals surface area contributed by atoms with E-state index in [4.69, 9.17) is 0 Å². The summed E-state index contributed by atoms with van der Waals surface area (Å²) >= 11 is 0. The molecule has 2 atom stereocenters. The maximum atomic E-state index is 12.7. The number of nitrogens with one attached hydrogen (secondary N) is 1. The third kappa shape index (κ3) is 5.06. The van der Waals surface area contributed by atoms with Crippen molar-refractivity contribution in [1.29, 1.82) is 0 Å². The molecular weight excluding hydrogens is 279 g/mol. The van der Waals surface area contributed by atoms with Gasteiger partial charge in [-0.25, -0.2) is 0 Å². The average molecular weight is 299 g/mol. The van der Waals surface area contributed by atoms with Crippen molar-refractivity contribution in [2.24, 2.45) is 5.92 Å². The molecular formula is C16H20F3NO. The molecule has 1 amide bonds. The van der Waals surface area contributed by atoms with E-state index >= 15 is 0 Å². The fourth-order valence-corrected chi connectivity index (χ4v) is 2.82. The number of halogens is 3. The van der Waals surface area contributed by atoms with Crippen LogP contribution < -0.4 is 5.32 Å². The molecule has 2 rings (SSSR count). The van der Waals surface area contributed by atoms with Crippen molar-refractivity contribution in [3.8, 4) is 0 Å². The van der Waals surface area contributed by atoms with Gasteiger partial charge in [-0.2, -0.15) is 13.2 Å². The van der Waals surface area contributed by atoms with Gasteiger partial charge >= 0.3 is 6.18 Å². The lowest BCUT2D eigenvalue weighted by atomic mass is 9.85. The predicted molar refractivity (Wildman–Crippen MR) is 74.7 cm³/mol. The van der Waals surface area contributed by atoms with E-state index in [1.165, 1.54) is 0 Å². The highest BCUT2D eigenvalue weighted by atomic mass is 19.4. The van der Waals surface area contributed by atoms with Crippen molar-refractivity contribution < 1.29 is 18.0 Å². The molecule has 1 aliphatic carbocycles. The lowest BCUT2D eigenvalue weighted by Crippen LogP contribution is -2.41. The van der Waals surface area contributed by atoms with Gasteiger partial charge in [-0.3, -0.25) is 4.79 Å². The van der Waals surface area contributed by atoms with Crippen molar-refractivity contribution in [2.75, 3.05) is 0 Å². The highest BCUT2D eigenvalue weighted by Crippen LogP contribution is 2.37. The molecule has 1 N–H and O–H groups in total. The molecule has 0 saturated heterocycles. The van der Waals surface area contributed by atoms with Crippen LogP contribution in [0.2, 0.25) is 0 Å². The fourth-order valence-electron chi connectivity index (χ4n) is 2.82. The zero-order valence-corrected chi connectivity index (χ0v) is 11.8. The molecule has 0 aliphatic heterocycles. The first-order valence-corrected chi connectivity index (χ1v) is 7.35. The van der Waals surface area contributed by atoms with Gasteiger partial charge in [-0.15, -0.1) is 0 Å². The van der Waals surface area contributed by atoms with Crippen LogP contribution in [0.15, 0.2) is 30.3 Å². The molecule has 2 unspecified atom stereocenters. The lowest BCUT2D eigenvalue weighted by molar-refractivity contribution is -0.184. The van der Waals surface area contributed by atoms with Crippen molar-refractivity contribution in [3.63, 3.8) is 0 Å². The van der Waals surface area contributed by atoms with Crippen molar-refractivity contribution in [1.82, 2.24) is 5.32 Å². The second-order valence-corrected chi connectivity index (χ2v) is 5.66. The van der Waals surface area contributed by atoms with Gasteiger partial charge in [0.1, 0.15) is 0 Å². The Bertz CT molecular complexity index is 458. The van der Waals surface area contributed by atoms with E-state index in [0.717, 1.165) is 5.56 Å². The molecule has 1 aromatic carbocycles. The van der Waals surface area contributed by atoms with Crippen LogP contribution in [0.25, 0.3) is 0 Å². The number of carbonyl (C=O) groups excluding carboxylic acids is 1. The van der Waals surface area contributed by atoms with Crippen LogP contribution in [0.1, 0.15) is 37.7 Å². The minimum absolute atomic E-state index is 0.0145. The molecule has 2 nitrogen and oxygen atoms in total. The van der Waals surface area contributed by atoms with E-state index in [0.29, 0.717) is 25.7 Å². The molecule has 0 bridgehead atoms. The highest BCUT2D eigenvalue weighted by Gasteiger charge is 2.42. The molecule has 1 saturated carbocycles. The van der Waals surface area contributed by atoms with Crippen LogP contribution in [-0.2, 0) is 11.2 Å². The zero-order valence-electron chi connectivity index (χ0n) is 11.8. The van der Waals surface area contributed by atoms with Gasteiger partial charge in [0.05, 0.1) is 5.92 Å². The highest BCUT2D eigenvalue weighted by molar-refractivity contribution is 5.76. The third-order valence-electron chi connectivity index (χ3n) is 3.99. The standard InChI is InChI=1S/C16H20F3NO/c17-16(18,19)13-7-4-8-14(11-13)20-15(21)10-9-12-5-2-1-3-6-12/h1-3,5-6,13-14H,4,7-11H2,(H,20,21).